The van der Waals surface area contributed by atoms with Gasteiger partial charge >= 0.3 is 5.69 Å². The maximum atomic E-state index is 11.0. The van der Waals surface area contributed by atoms with Gasteiger partial charge in [-0.2, -0.15) is 0 Å². The first kappa shape index (κ1) is 14.1. The Labute approximate surface area is 120 Å². The number of halogens is 1. The van der Waals surface area contributed by atoms with E-state index in [-0.39, 0.29) is 23.4 Å². The molecular formula is C13H13ClN4O2. The third-order valence-corrected chi connectivity index (χ3v) is 3.03. The van der Waals surface area contributed by atoms with Crippen molar-refractivity contribution in [2.24, 2.45) is 0 Å². The molecule has 1 heterocycles. The molecule has 0 aliphatic heterocycles. The highest BCUT2D eigenvalue weighted by molar-refractivity contribution is 6.30. The van der Waals surface area contributed by atoms with E-state index < -0.39 is 4.92 Å². The molecule has 1 atom stereocenters. The predicted molar refractivity (Wildman–Crippen MR) is 78.8 cm³/mol. The number of aromatic nitrogens is 1. The fourth-order valence-electron chi connectivity index (χ4n) is 1.78. The van der Waals surface area contributed by atoms with E-state index >= 15 is 0 Å². The van der Waals surface area contributed by atoms with Gasteiger partial charge in [0, 0.05) is 11.1 Å². The van der Waals surface area contributed by atoms with E-state index in [4.69, 9.17) is 17.3 Å². The van der Waals surface area contributed by atoms with E-state index in [1.54, 1.807) is 12.1 Å². The van der Waals surface area contributed by atoms with Crippen LogP contribution in [0.1, 0.15) is 18.5 Å². The maximum absolute atomic E-state index is 11.0. The topological polar surface area (TPSA) is 94.1 Å². The summed E-state index contributed by atoms with van der Waals surface area (Å²) in [5, 5.41) is 14.6. The largest absolute Gasteiger partial charge is 0.384 e. The number of benzene rings is 1. The number of hydrogen-bond donors (Lipinski definition) is 2. The number of nitro groups is 1. The first-order valence-electron chi connectivity index (χ1n) is 5.90. The van der Waals surface area contributed by atoms with Crippen LogP contribution in [0.5, 0.6) is 0 Å². The molecule has 6 nitrogen and oxygen atoms in total. The van der Waals surface area contributed by atoms with Gasteiger partial charge in [-0.3, -0.25) is 10.1 Å². The van der Waals surface area contributed by atoms with Crippen LogP contribution >= 0.6 is 11.6 Å². The second kappa shape index (κ2) is 5.75. The van der Waals surface area contributed by atoms with Gasteiger partial charge in [0.25, 0.3) is 0 Å². The third-order valence-electron chi connectivity index (χ3n) is 2.79. The molecule has 2 aromatic rings. The summed E-state index contributed by atoms with van der Waals surface area (Å²) < 4.78 is 0. The van der Waals surface area contributed by atoms with Gasteiger partial charge < -0.3 is 11.1 Å². The van der Waals surface area contributed by atoms with Gasteiger partial charge in [0.15, 0.2) is 0 Å². The molecule has 104 valence electrons. The Bertz CT molecular complexity index is 648. The zero-order valence-electron chi connectivity index (χ0n) is 10.7. The van der Waals surface area contributed by atoms with Gasteiger partial charge in [-0.25, -0.2) is 4.98 Å². The van der Waals surface area contributed by atoms with Crippen molar-refractivity contribution < 1.29 is 4.92 Å². The SMILES string of the molecule is CC(Nc1nc(N)ccc1[N+](=O)[O-])c1cccc(Cl)c1. The van der Waals surface area contributed by atoms with Crippen LogP contribution in [0.3, 0.4) is 0 Å². The van der Waals surface area contributed by atoms with Crippen molar-refractivity contribution in [2.75, 3.05) is 11.1 Å². The summed E-state index contributed by atoms with van der Waals surface area (Å²) in [6, 6.07) is 9.78. The lowest BCUT2D eigenvalue weighted by Crippen LogP contribution is -2.10. The molecule has 0 bridgehead atoms. The molecule has 0 saturated carbocycles. The average molecular weight is 293 g/mol. The van der Waals surface area contributed by atoms with Gasteiger partial charge in [0.1, 0.15) is 5.82 Å². The average Bonchev–Trinajstić information content (AvgIpc) is 2.38. The molecule has 0 aliphatic carbocycles. The second-order valence-corrected chi connectivity index (χ2v) is 4.72. The lowest BCUT2D eigenvalue weighted by atomic mass is 10.1. The van der Waals surface area contributed by atoms with Crippen molar-refractivity contribution in [3.63, 3.8) is 0 Å². The zero-order chi connectivity index (χ0) is 14.7. The number of nitrogens with zero attached hydrogens (tertiary/aromatic N) is 2. The zero-order valence-corrected chi connectivity index (χ0v) is 11.5. The van der Waals surface area contributed by atoms with Crippen LogP contribution in [0.15, 0.2) is 36.4 Å². The minimum absolute atomic E-state index is 0.118. The Kier molecular flexibility index (Phi) is 4.05. The van der Waals surface area contributed by atoms with Gasteiger partial charge in [-0.05, 0) is 30.7 Å². The molecule has 2 rings (SSSR count). The van der Waals surface area contributed by atoms with E-state index in [0.717, 1.165) is 5.56 Å². The van der Waals surface area contributed by atoms with Crippen LogP contribution in [0.25, 0.3) is 0 Å². The van der Waals surface area contributed by atoms with Gasteiger partial charge in [-0.1, -0.05) is 23.7 Å². The molecular weight excluding hydrogens is 280 g/mol. The lowest BCUT2D eigenvalue weighted by Gasteiger charge is -2.15. The maximum Gasteiger partial charge on any atom is 0.311 e. The predicted octanol–water partition coefficient (Wildman–Crippen LogP) is 3.40. The van der Waals surface area contributed by atoms with E-state index in [1.165, 1.54) is 12.1 Å². The monoisotopic (exact) mass is 292 g/mol. The molecule has 0 amide bonds. The summed E-state index contributed by atoms with van der Waals surface area (Å²) in [7, 11) is 0. The van der Waals surface area contributed by atoms with Crippen molar-refractivity contribution in [3.05, 3.63) is 57.1 Å². The van der Waals surface area contributed by atoms with Crippen LogP contribution < -0.4 is 11.1 Å². The molecule has 7 heteroatoms. The molecule has 1 aromatic heterocycles. The molecule has 0 aliphatic rings. The number of rotatable bonds is 4. The lowest BCUT2D eigenvalue weighted by molar-refractivity contribution is -0.384. The Morgan fingerprint density at radius 3 is 2.80 bits per heavy atom. The number of anilines is 2. The van der Waals surface area contributed by atoms with E-state index in [0.29, 0.717) is 5.02 Å². The normalized spacial score (nSPS) is 11.9. The summed E-state index contributed by atoms with van der Waals surface area (Å²) in [6.07, 6.45) is 0. The highest BCUT2D eigenvalue weighted by atomic mass is 35.5. The molecule has 0 spiro atoms. The van der Waals surface area contributed by atoms with Crippen LogP contribution in [-0.4, -0.2) is 9.91 Å². The summed E-state index contributed by atoms with van der Waals surface area (Å²) in [5.41, 5.74) is 6.35. The second-order valence-electron chi connectivity index (χ2n) is 4.28. The van der Waals surface area contributed by atoms with Crippen LogP contribution in [-0.2, 0) is 0 Å². The number of hydrogen-bond acceptors (Lipinski definition) is 5. The van der Waals surface area contributed by atoms with Crippen LogP contribution in [0.2, 0.25) is 5.02 Å². The molecule has 1 aromatic carbocycles. The first-order chi connectivity index (χ1) is 9.47. The van der Waals surface area contributed by atoms with Crippen molar-refractivity contribution >= 4 is 28.9 Å². The quantitative estimate of drug-likeness (QED) is 0.665. The molecule has 3 N–H and O–H groups in total. The van der Waals surface area contributed by atoms with Gasteiger partial charge in [0.05, 0.1) is 11.0 Å². The summed E-state index contributed by atoms with van der Waals surface area (Å²) in [6.45, 7) is 1.86. The highest BCUT2D eigenvalue weighted by Gasteiger charge is 2.18. The molecule has 0 fully saturated rings. The van der Waals surface area contributed by atoms with Crippen molar-refractivity contribution in [1.82, 2.24) is 4.98 Å². The van der Waals surface area contributed by atoms with Crippen molar-refractivity contribution in [2.45, 2.75) is 13.0 Å². The number of nitrogens with one attached hydrogen (secondary N) is 1. The Morgan fingerprint density at radius 2 is 2.15 bits per heavy atom. The standard InChI is InChI=1S/C13H13ClN4O2/c1-8(9-3-2-4-10(14)7-9)16-13-11(18(19)20)5-6-12(15)17-13/h2-8H,1H3,(H3,15,16,17). The minimum atomic E-state index is -0.501. The van der Waals surface area contributed by atoms with Crippen molar-refractivity contribution in [3.8, 4) is 0 Å². The van der Waals surface area contributed by atoms with Gasteiger partial charge in [-0.15, -0.1) is 0 Å². The smallest absolute Gasteiger partial charge is 0.311 e. The third kappa shape index (κ3) is 3.16. The Hall–Kier alpha value is -2.34. The summed E-state index contributed by atoms with van der Waals surface area (Å²) in [5.74, 6) is 0.360. The number of nitrogen functional groups attached to an aromatic ring is 1. The fourth-order valence-corrected chi connectivity index (χ4v) is 1.98. The fraction of sp³-hybridized carbons (Fsp3) is 0.154. The first-order valence-corrected chi connectivity index (χ1v) is 6.28. The minimum Gasteiger partial charge on any atom is -0.384 e. The Morgan fingerprint density at radius 1 is 1.40 bits per heavy atom. The number of nitrogens with two attached hydrogens (primary N) is 1. The summed E-state index contributed by atoms with van der Waals surface area (Å²) in [4.78, 5) is 14.4. The summed E-state index contributed by atoms with van der Waals surface area (Å²) >= 11 is 5.93. The molecule has 20 heavy (non-hydrogen) atoms. The van der Waals surface area contributed by atoms with E-state index in [9.17, 15) is 10.1 Å². The van der Waals surface area contributed by atoms with Crippen LogP contribution in [0, 0.1) is 10.1 Å². The Balaban J connectivity index is 2.29. The highest BCUT2D eigenvalue weighted by Crippen LogP contribution is 2.27. The number of pyridine rings is 1. The van der Waals surface area contributed by atoms with E-state index in [2.05, 4.69) is 10.3 Å². The molecule has 0 radical (unpaired) electrons. The molecule has 1 unspecified atom stereocenters. The molecule has 0 saturated heterocycles. The van der Waals surface area contributed by atoms with Gasteiger partial charge in [0.2, 0.25) is 5.82 Å². The van der Waals surface area contributed by atoms with Crippen molar-refractivity contribution in [1.29, 1.82) is 0 Å². The van der Waals surface area contributed by atoms with Crippen LogP contribution in [0.4, 0.5) is 17.3 Å². The van der Waals surface area contributed by atoms with E-state index in [1.807, 2.05) is 19.1 Å².